The lowest BCUT2D eigenvalue weighted by Gasteiger charge is -2.18. The van der Waals surface area contributed by atoms with Crippen LogP contribution in [0.3, 0.4) is 0 Å². The Labute approximate surface area is 176 Å². The Bertz CT molecular complexity index is 1140. The molecule has 0 spiro atoms. The standard InChI is InChI=1S/C22H14Cl2N2O3/c1-12-6-7-13(20(27)25-16-10-14(23)9-15(24)11-16)8-19(12)26-21(28)17-4-2-3-5-18(17)22(26)29/h2-11H,1H3,(H,25,27). The van der Waals surface area contributed by atoms with Crippen molar-refractivity contribution in [3.8, 4) is 0 Å². The lowest BCUT2D eigenvalue weighted by Crippen LogP contribution is -2.30. The first-order chi connectivity index (χ1) is 13.8. The highest BCUT2D eigenvalue weighted by molar-refractivity contribution is 6.35. The highest BCUT2D eigenvalue weighted by Gasteiger charge is 2.37. The Kier molecular flexibility index (Phi) is 4.86. The van der Waals surface area contributed by atoms with Crippen LogP contribution in [-0.2, 0) is 0 Å². The summed E-state index contributed by atoms with van der Waals surface area (Å²) in [5, 5.41) is 3.50. The summed E-state index contributed by atoms with van der Waals surface area (Å²) in [7, 11) is 0. The van der Waals surface area contributed by atoms with E-state index in [2.05, 4.69) is 5.32 Å². The van der Waals surface area contributed by atoms with E-state index >= 15 is 0 Å². The molecule has 144 valence electrons. The molecule has 29 heavy (non-hydrogen) atoms. The normalized spacial score (nSPS) is 12.9. The number of halogens is 2. The average Bonchev–Trinajstić information content (AvgIpc) is 2.92. The molecule has 0 atom stereocenters. The molecular formula is C22H14Cl2N2O3. The lowest BCUT2D eigenvalue weighted by molar-refractivity contribution is 0.0923. The third kappa shape index (κ3) is 3.50. The molecule has 3 amide bonds. The Morgan fingerprint density at radius 3 is 2.03 bits per heavy atom. The van der Waals surface area contributed by atoms with Crippen molar-refractivity contribution < 1.29 is 14.4 Å². The van der Waals surface area contributed by atoms with Crippen LogP contribution in [0.1, 0.15) is 36.6 Å². The molecule has 3 aromatic rings. The summed E-state index contributed by atoms with van der Waals surface area (Å²) in [5.41, 5.74) is 2.49. The number of nitrogens with one attached hydrogen (secondary N) is 1. The summed E-state index contributed by atoms with van der Waals surface area (Å²) in [6.07, 6.45) is 0. The molecule has 1 aliphatic rings. The number of nitrogens with zero attached hydrogens (tertiary/aromatic N) is 1. The van der Waals surface area contributed by atoms with Crippen molar-refractivity contribution in [1.82, 2.24) is 0 Å². The molecule has 1 aliphatic heterocycles. The van der Waals surface area contributed by atoms with Gasteiger partial charge < -0.3 is 5.32 Å². The molecule has 0 radical (unpaired) electrons. The topological polar surface area (TPSA) is 66.5 Å². The van der Waals surface area contributed by atoms with Crippen molar-refractivity contribution >= 4 is 52.3 Å². The maximum absolute atomic E-state index is 12.8. The fourth-order valence-electron chi connectivity index (χ4n) is 3.23. The van der Waals surface area contributed by atoms with Crippen LogP contribution in [0.5, 0.6) is 0 Å². The van der Waals surface area contributed by atoms with Gasteiger partial charge in [0.05, 0.1) is 16.8 Å². The summed E-state index contributed by atoms with van der Waals surface area (Å²) < 4.78 is 0. The fourth-order valence-corrected chi connectivity index (χ4v) is 3.75. The van der Waals surface area contributed by atoms with Crippen LogP contribution < -0.4 is 10.2 Å². The number of fused-ring (bicyclic) bond motifs is 1. The molecule has 7 heteroatoms. The molecule has 0 aromatic heterocycles. The van der Waals surface area contributed by atoms with Crippen LogP contribution in [0, 0.1) is 6.92 Å². The Balaban J connectivity index is 1.67. The molecular weight excluding hydrogens is 411 g/mol. The molecule has 0 fully saturated rings. The minimum atomic E-state index is -0.416. The summed E-state index contributed by atoms with van der Waals surface area (Å²) >= 11 is 11.9. The van der Waals surface area contributed by atoms with Gasteiger partial charge in [0.15, 0.2) is 0 Å². The van der Waals surface area contributed by atoms with Gasteiger partial charge in [-0.1, -0.05) is 41.4 Å². The zero-order valence-corrected chi connectivity index (χ0v) is 16.7. The van der Waals surface area contributed by atoms with E-state index in [1.54, 1.807) is 61.5 Å². The predicted octanol–water partition coefficient (Wildman–Crippen LogP) is 5.35. The number of benzene rings is 3. The van der Waals surface area contributed by atoms with E-state index in [0.29, 0.717) is 43.7 Å². The van der Waals surface area contributed by atoms with Gasteiger partial charge >= 0.3 is 0 Å². The number of hydrogen-bond donors (Lipinski definition) is 1. The number of anilines is 2. The van der Waals surface area contributed by atoms with Crippen LogP contribution >= 0.6 is 23.2 Å². The molecule has 3 aromatic carbocycles. The second-order valence-electron chi connectivity index (χ2n) is 6.60. The van der Waals surface area contributed by atoms with Crippen LogP contribution in [-0.4, -0.2) is 17.7 Å². The van der Waals surface area contributed by atoms with Gasteiger partial charge in [-0.25, -0.2) is 4.90 Å². The van der Waals surface area contributed by atoms with Gasteiger partial charge in [-0.2, -0.15) is 0 Å². The maximum atomic E-state index is 12.8. The van der Waals surface area contributed by atoms with E-state index in [1.165, 1.54) is 6.07 Å². The third-order valence-electron chi connectivity index (χ3n) is 4.63. The SMILES string of the molecule is Cc1ccc(C(=O)Nc2cc(Cl)cc(Cl)c2)cc1N1C(=O)c2ccccc2C1=O. The van der Waals surface area contributed by atoms with Gasteiger partial charge in [0.1, 0.15) is 0 Å². The first-order valence-electron chi connectivity index (χ1n) is 8.71. The van der Waals surface area contributed by atoms with Gasteiger partial charge in [-0.15, -0.1) is 0 Å². The number of amides is 3. The Morgan fingerprint density at radius 1 is 0.862 bits per heavy atom. The van der Waals surface area contributed by atoms with Gasteiger partial charge in [-0.05, 0) is 55.0 Å². The first-order valence-corrected chi connectivity index (χ1v) is 9.46. The second-order valence-corrected chi connectivity index (χ2v) is 7.48. The van der Waals surface area contributed by atoms with Gasteiger partial charge in [0.2, 0.25) is 0 Å². The van der Waals surface area contributed by atoms with E-state index in [-0.39, 0.29) is 0 Å². The minimum absolute atomic E-state index is 0.290. The van der Waals surface area contributed by atoms with Crippen LogP contribution in [0.15, 0.2) is 60.7 Å². The maximum Gasteiger partial charge on any atom is 0.266 e. The second kappa shape index (κ2) is 7.35. The summed E-state index contributed by atoms with van der Waals surface area (Å²) in [6.45, 7) is 1.78. The molecule has 0 bridgehead atoms. The average molecular weight is 425 g/mol. The summed E-state index contributed by atoms with van der Waals surface area (Å²) in [4.78, 5) is 39.4. The number of hydrogen-bond acceptors (Lipinski definition) is 3. The lowest BCUT2D eigenvalue weighted by atomic mass is 10.1. The third-order valence-corrected chi connectivity index (χ3v) is 5.06. The van der Waals surface area contributed by atoms with Crippen molar-refractivity contribution in [2.75, 3.05) is 10.2 Å². The van der Waals surface area contributed by atoms with Crippen molar-refractivity contribution in [2.45, 2.75) is 6.92 Å². The number of aryl methyl sites for hydroxylation is 1. The van der Waals surface area contributed by atoms with Crippen molar-refractivity contribution in [2.24, 2.45) is 0 Å². The molecule has 1 N–H and O–H groups in total. The summed E-state index contributed by atoms with van der Waals surface area (Å²) in [5.74, 6) is -1.23. The highest BCUT2D eigenvalue weighted by Crippen LogP contribution is 2.31. The molecule has 4 rings (SSSR count). The zero-order chi connectivity index (χ0) is 20.7. The van der Waals surface area contributed by atoms with Crippen LogP contribution in [0.25, 0.3) is 0 Å². The first kappa shape index (κ1) is 19.2. The van der Waals surface area contributed by atoms with Crippen molar-refractivity contribution in [1.29, 1.82) is 0 Å². The molecule has 5 nitrogen and oxygen atoms in total. The number of rotatable bonds is 3. The van der Waals surface area contributed by atoms with E-state index < -0.39 is 17.7 Å². The molecule has 0 aliphatic carbocycles. The van der Waals surface area contributed by atoms with Gasteiger partial charge in [0, 0.05) is 21.3 Å². The van der Waals surface area contributed by atoms with E-state index in [4.69, 9.17) is 23.2 Å². The molecule has 1 heterocycles. The largest absolute Gasteiger partial charge is 0.322 e. The van der Waals surface area contributed by atoms with Crippen molar-refractivity contribution in [3.05, 3.63) is 93.0 Å². The number of imide groups is 1. The van der Waals surface area contributed by atoms with Crippen LogP contribution in [0.4, 0.5) is 11.4 Å². The fraction of sp³-hybridized carbons (Fsp3) is 0.0455. The number of carbonyl (C=O) groups excluding carboxylic acids is 3. The van der Waals surface area contributed by atoms with Crippen molar-refractivity contribution in [3.63, 3.8) is 0 Å². The summed E-state index contributed by atoms with van der Waals surface area (Å²) in [6, 6.07) is 16.2. The molecule has 0 saturated carbocycles. The minimum Gasteiger partial charge on any atom is -0.322 e. The number of carbonyl (C=O) groups is 3. The van der Waals surface area contributed by atoms with E-state index in [9.17, 15) is 14.4 Å². The smallest absolute Gasteiger partial charge is 0.266 e. The Morgan fingerprint density at radius 2 is 1.45 bits per heavy atom. The monoisotopic (exact) mass is 424 g/mol. The molecule has 0 unspecified atom stereocenters. The van der Waals surface area contributed by atoms with Gasteiger partial charge in [0.25, 0.3) is 17.7 Å². The zero-order valence-electron chi connectivity index (χ0n) is 15.2. The predicted molar refractivity (Wildman–Crippen MR) is 113 cm³/mol. The highest BCUT2D eigenvalue weighted by atomic mass is 35.5. The molecule has 0 saturated heterocycles. The van der Waals surface area contributed by atoms with E-state index in [0.717, 1.165) is 4.90 Å². The van der Waals surface area contributed by atoms with Gasteiger partial charge in [-0.3, -0.25) is 14.4 Å². The quantitative estimate of drug-likeness (QED) is 0.575. The van der Waals surface area contributed by atoms with E-state index in [1.807, 2.05) is 0 Å². The Hall–Kier alpha value is -3.15. The van der Waals surface area contributed by atoms with Crippen LogP contribution in [0.2, 0.25) is 10.0 Å².